The number of benzene rings is 1. The molecule has 0 spiro atoms. The van der Waals surface area contributed by atoms with Crippen molar-refractivity contribution in [1.29, 1.82) is 0 Å². The molecule has 1 atom stereocenters. The zero-order valence-electron chi connectivity index (χ0n) is 17.4. The molecule has 166 valence electrons. The van der Waals surface area contributed by atoms with Gasteiger partial charge < -0.3 is 20.7 Å². The van der Waals surface area contributed by atoms with E-state index in [4.69, 9.17) is 10.5 Å². The van der Waals surface area contributed by atoms with Crippen molar-refractivity contribution in [1.82, 2.24) is 9.36 Å². The van der Waals surface area contributed by atoms with Crippen LogP contribution in [0, 0.1) is 5.92 Å². The number of halogens is 3. The summed E-state index contributed by atoms with van der Waals surface area (Å²) in [6.45, 7) is 8.39. The van der Waals surface area contributed by atoms with Gasteiger partial charge in [-0.25, -0.2) is 0 Å². The average Bonchev–Trinajstić information content (AvgIpc) is 3.16. The number of nitrogens with one attached hydrogen (secondary N) is 1. The van der Waals surface area contributed by atoms with E-state index in [1.807, 2.05) is 25.1 Å². The van der Waals surface area contributed by atoms with E-state index in [9.17, 15) is 13.2 Å². The summed E-state index contributed by atoms with van der Waals surface area (Å²) in [5.41, 5.74) is 8.54. The minimum atomic E-state index is -4.57. The van der Waals surface area contributed by atoms with Crippen LogP contribution in [0.4, 0.5) is 29.7 Å². The molecule has 3 rings (SSSR count). The van der Waals surface area contributed by atoms with Gasteiger partial charge in [0.05, 0.1) is 11.4 Å². The van der Waals surface area contributed by atoms with Crippen LogP contribution >= 0.6 is 11.5 Å². The standard InChI is InChI=1S/C20H28F3N5OS/c1-12(2)11-28(15-6-8-29-9-7-15)17-5-4-14(13(3)24)10-16(17)25-19-26-18(27-30-19)20(21,22)23/h4-5,10,12-13,15H,6-9,11,24H2,1-3H3,(H,25,26,27). The molecule has 0 aliphatic carbocycles. The number of hydrogen-bond donors (Lipinski definition) is 2. The van der Waals surface area contributed by atoms with Crippen LogP contribution in [-0.2, 0) is 10.9 Å². The van der Waals surface area contributed by atoms with E-state index < -0.39 is 12.0 Å². The minimum absolute atomic E-state index is 0.0990. The summed E-state index contributed by atoms with van der Waals surface area (Å²) < 4.78 is 47.7. The average molecular weight is 444 g/mol. The lowest BCUT2D eigenvalue weighted by molar-refractivity contribution is -0.144. The van der Waals surface area contributed by atoms with E-state index in [0.29, 0.717) is 42.4 Å². The predicted molar refractivity (Wildman–Crippen MR) is 113 cm³/mol. The van der Waals surface area contributed by atoms with Crippen LogP contribution in [0.1, 0.15) is 51.0 Å². The van der Waals surface area contributed by atoms with Gasteiger partial charge in [0.2, 0.25) is 11.0 Å². The number of hydrogen-bond acceptors (Lipinski definition) is 7. The first-order chi connectivity index (χ1) is 14.1. The van der Waals surface area contributed by atoms with Crippen molar-refractivity contribution in [3.05, 3.63) is 29.6 Å². The topological polar surface area (TPSA) is 76.3 Å². The molecule has 1 aromatic carbocycles. The number of rotatable bonds is 7. The Labute approximate surface area is 178 Å². The molecule has 1 aliphatic heterocycles. The van der Waals surface area contributed by atoms with Gasteiger partial charge in [0.15, 0.2) is 0 Å². The SMILES string of the molecule is CC(C)CN(c1ccc(C(C)N)cc1Nc1nc(C(F)(F)F)ns1)C1CCOCC1. The van der Waals surface area contributed by atoms with Crippen molar-refractivity contribution < 1.29 is 17.9 Å². The molecule has 1 aliphatic rings. The maximum Gasteiger partial charge on any atom is 0.452 e. The molecule has 1 saturated heterocycles. The Morgan fingerprint density at radius 1 is 1.27 bits per heavy atom. The molecule has 1 fully saturated rings. The van der Waals surface area contributed by atoms with Gasteiger partial charge in [-0.05, 0) is 43.4 Å². The fourth-order valence-electron chi connectivity index (χ4n) is 3.53. The van der Waals surface area contributed by atoms with Crippen LogP contribution in [0.5, 0.6) is 0 Å². The quantitative estimate of drug-likeness (QED) is 0.630. The summed E-state index contributed by atoms with van der Waals surface area (Å²) >= 11 is 0.693. The first-order valence-corrected chi connectivity index (χ1v) is 10.8. The molecule has 0 saturated carbocycles. The third-order valence-electron chi connectivity index (χ3n) is 4.97. The van der Waals surface area contributed by atoms with Crippen molar-refractivity contribution in [2.75, 3.05) is 30.0 Å². The third-order valence-corrected chi connectivity index (χ3v) is 5.60. The van der Waals surface area contributed by atoms with E-state index in [1.54, 1.807) is 0 Å². The van der Waals surface area contributed by atoms with Crippen molar-refractivity contribution in [2.45, 2.75) is 51.9 Å². The van der Waals surface area contributed by atoms with Gasteiger partial charge in [-0.3, -0.25) is 0 Å². The minimum Gasteiger partial charge on any atom is -0.381 e. The van der Waals surface area contributed by atoms with Gasteiger partial charge in [-0.2, -0.15) is 22.5 Å². The maximum atomic E-state index is 12.9. The van der Waals surface area contributed by atoms with Gasteiger partial charge in [-0.15, -0.1) is 0 Å². The van der Waals surface area contributed by atoms with Gasteiger partial charge >= 0.3 is 6.18 Å². The van der Waals surface area contributed by atoms with E-state index in [2.05, 4.69) is 33.4 Å². The summed E-state index contributed by atoms with van der Waals surface area (Å²) in [6.07, 6.45) is -2.77. The highest BCUT2D eigenvalue weighted by atomic mass is 32.1. The third kappa shape index (κ3) is 5.61. The molecule has 0 radical (unpaired) electrons. The molecule has 10 heteroatoms. The van der Waals surface area contributed by atoms with Gasteiger partial charge in [0.1, 0.15) is 0 Å². The van der Waals surface area contributed by atoms with Crippen LogP contribution in [-0.4, -0.2) is 35.2 Å². The molecule has 1 aromatic heterocycles. The summed E-state index contributed by atoms with van der Waals surface area (Å²) in [4.78, 5) is 5.95. The Bertz CT molecular complexity index is 834. The number of aromatic nitrogens is 2. The van der Waals surface area contributed by atoms with Crippen molar-refractivity contribution in [3.63, 3.8) is 0 Å². The number of nitrogens with two attached hydrogens (primary N) is 1. The Balaban J connectivity index is 1.98. The second-order valence-corrected chi connectivity index (χ2v) is 8.75. The molecule has 6 nitrogen and oxygen atoms in total. The Kier molecular flexibility index (Phi) is 7.20. The molecule has 0 amide bonds. The van der Waals surface area contributed by atoms with Crippen LogP contribution in [0.2, 0.25) is 0 Å². The lowest BCUT2D eigenvalue weighted by Crippen LogP contribution is -2.42. The highest BCUT2D eigenvalue weighted by Gasteiger charge is 2.36. The van der Waals surface area contributed by atoms with Gasteiger partial charge in [0.25, 0.3) is 0 Å². The second-order valence-electron chi connectivity index (χ2n) is 8.00. The number of nitrogens with zero attached hydrogens (tertiary/aromatic N) is 3. The number of alkyl halides is 3. The lowest BCUT2D eigenvalue weighted by atomic mass is 10.0. The van der Waals surface area contributed by atoms with Crippen LogP contribution in [0.25, 0.3) is 0 Å². The molecule has 2 heterocycles. The lowest BCUT2D eigenvalue weighted by Gasteiger charge is -2.38. The fourth-order valence-corrected chi connectivity index (χ4v) is 4.13. The van der Waals surface area contributed by atoms with E-state index in [-0.39, 0.29) is 11.2 Å². The van der Waals surface area contributed by atoms with Crippen LogP contribution in [0.3, 0.4) is 0 Å². The van der Waals surface area contributed by atoms with Gasteiger partial charge in [-0.1, -0.05) is 19.9 Å². The van der Waals surface area contributed by atoms with Crippen molar-refractivity contribution in [2.24, 2.45) is 11.7 Å². The normalized spacial score (nSPS) is 16.7. The Morgan fingerprint density at radius 3 is 2.53 bits per heavy atom. The van der Waals surface area contributed by atoms with Crippen molar-refractivity contribution >= 4 is 28.0 Å². The summed E-state index contributed by atoms with van der Waals surface area (Å²) in [7, 11) is 0. The first-order valence-electron chi connectivity index (χ1n) is 10.1. The molecular weight excluding hydrogens is 415 g/mol. The Morgan fingerprint density at radius 2 is 1.97 bits per heavy atom. The monoisotopic (exact) mass is 443 g/mol. The molecular formula is C20H28F3N5OS. The van der Waals surface area contributed by atoms with Gasteiger partial charge in [0, 0.05) is 43.4 Å². The Hall–Kier alpha value is -1.91. The fraction of sp³-hybridized carbons (Fsp3) is 0.600. The predicted octanol–water partition coefficient (Wildman–Crippen LogP) is 4.96. The number of ether oxygens (including phenoxy) is 1. The summed E-state index contributed by atoms with van der Waals surface area (Å²) in [5.74, 6) is -0.726. The highest BCUT2D eigenvalue weighted by Crippen LogP contribution is 2.36. The van der Waals surface area contributed by atoms with E-state index in [1.165, 1.54) is 0 Å². The summed E-state index contributed by atoms with van der Waals surface area (Å²) in [6, 6.07) is 5.94. The van der Waals surface area contributed by atoms with Crippen LogP contribution < -0.4 is 16.0 Å². The maximum absolute atomic E-state index is 12.9. The van der Waals surface area contributed by atoms with Crippen LogP contribution in [0.15, 0.2) is 18.2 Å². The molecule has 1 unspecified atom stereocenters. The number of anilines is 3. The molecule has 2 aromatic rings. The van der Waals surface area contributed by atoms with Crippen molar-refractivity contribution in [3.8, 4) is 0 Å². The smallest absolute Gasteiger partial charge is 0.381 e. The zero-order valence-corrected chi connectivity index (χ0v) is 18.2. The largest absolute Gasteiger partial charge is 0.452 e. The molecule has 30 heavy (non-hydrogen) atoms. The van der Waals surface area contributed by atoms with E-state index in [0.717, 1.165) is 30.6 Å². The van der Waals surface area contributed by atoms with E-state index >= 15 is 0 Å². The zero-order chi connectivity index (χ0) is 21.9. The molecule has 3 N–H and O–H groups in total. The molecule has 0 bridgehead atoms. The second kappa shape index (κ2) is 9.49. The summed E-state index contributed by atoms with van der Waals surface area (Å²) in [5, 5.41) is 3.17. The highest BCUT2D eigenvalue weighted by molar-refractivity contribution is 7.09. The first kappa shape index (κ1) is 22.8.